The summed E-state index contributed by atoms with van der Waals surface area (Å²) in [6.07, 6.45) is 3.05. The Morgan fingerprint density at radius 2 is 2.10 bits per heavy atom. The zero-order valence-corrected chi connectivity index (χ0v) is 12.0. The summed E-state index contributed by atoms with van der Waals surface area (Å²) in [5.41, 5.74) is 6.51. The highest BCUT2D eigenvalue weighted by atomic mass is 16.5. The van der Waals surface area contributed by atoms with Crippen LogP contribution in [-0.4, -0.2) is 41.6 Å². The molecule has 1 aliphatic rings. The number of hydrogen-bond acceptors (Lipinski definition) is 4. The summed E-state index contributed by atoms with van der Waals surface area (Å²) >= 11 is 0. The van der Waals surface area contributed by atoms with Crippen LogP contribution in [0.5, 0.6) is 5.75 Å². The summed E-state index contributed by atoms with van der Waals surface area (Å²) in [6.45, 7) is 0.446. The molecule has 1 atom stereocenters. The van der Waals surface area contributed by atoms with Crippen molar-refractivity contribution in [2.24, 2.45) is 0 Å². The van der Waals surface area contributed by atoms with Crippen LogP contribution in [0.1, 0.15) is 36.0 Å². The van der Waals surface area contributed by atoms with Crippen molar-refractivity contribution >= 4 is 17.6 Å². The number of carbonyl (C=O) groups is 2. The molecule has 1 amide bonds. The lowest BCUT2D eigenvalue weighted by Crippen LogP contribution is -2.44. The summed E-state index contributed by atoms with van der Waals surface area (Å²) in [6, 6.07) is 4.03. The third-order valence-electron chi connectivity index (χ3n) is 3.79. The van der Waals surface area contributed by atoms with Crippen LogP contribution in [0.4, 0.5) is 5.69 Å². The van der Waals surface area contributed by atoms with Crippen molar-refractivity contribution < 1.29 is 19.4 Å². The van der Waals surface area contributed by atoms with Gasteiger partial charge in [0.05, 0.1) is 12.7 Å². The van der Waals surface area contributed by atoms with Crippen LogP contribution < -0.4 is 10.5 Å². The Bertz CT molecular complexity index is 544. The monoisotopic (exact) mass is 292 g/mol. The van der Waals surface area contributed by atoms with Gasteiger partial charge < -0.3 is 20.5 Å². The lowest BCUT2D eigenvalue weighted by molar-refractivity contribution is -0.142. The summed E-state index contributed by atoms with van der Waals surface area (Å²) in [5.74, 6) is -0.725. The lowest BCUT2D eigenvalue weighted by atomic mass is 10.1. The molecule has 1 aromatic rings. The van der Waals surface area contributed by atoms with E-state index in [4.69, 9.17) is 10.5 Å². The number of likely N-dealkylation sites (tertiary alicyclic amines) is 1. The molecule has 0 bridgehead atoms. The first kappa shape index (κ1) is 15.2. The quantitative estimate of drug-likeness (QED) is 0.828. The van der Waals surface area contributed by atoms with Crippen LogP contribution in [0.3, 0.4) is 0 Å². The number of nitrogens with zero attached hydrogens (tertiary/aromatic N) is 1. The maximum absolute atomic E-state index is 12.6. The van der Waals surface area contributed by atoms with Gasteiger partial charge in [-0.3, -0.25) is 4.79 Å². The molecule has 1 unspecified atom stereocenters. The molecule has 114 valence electrons. The van der Waals surface area contributed by atoms with Gasteiger partial charge in [-0.05, 0) is 25.0 Å². The normalized spacial score (nSPS) is 18.9. The van der Waals surface area contributed by atoms with E-state index in [1.54, 1.807) is 18.2 Å². The van der Waals surface area contributed by atoms with Gasteiger partial charge >= 0.3 is 5.97 Å². The maximum Gasteiger partial charge on any atom is 0.326 e. The van der Waals surface area contributed by atoms with Gasteiger partial charge in [0.25, 0.3) is 5.91 Å². The highest BCUT2D eigenvalue weighted by Gasteiger charge is 2.32. The minimum Gasteiger partial charge on any atom is -0.497 e. The van der Waals surface area contributed by atoms with Gasteiger partial charge in [-0.15, -0.1) is 0 Å². The Morgan fingerprint density at radius 3 is 2.71 bits per heavy atom. The minimum absolute atomic E-state index is 0.299. The van der Waals surface area contributed by atoms with Gasteiger partial charge in [-0.25, -0.2) is 4.79 Å². The number of aliphatic carboxylic acids is 1. The topological polar surface area (TPSA) is 92.9 Å². The first-order valence-electron chi connectivity index (χ1n) is 7.02. The predicted molar refractivity (Wildman–Crippen MR) is 78.3 cm³/mol. The van der Waals surface area contributed by atoms with E-state index in [9.17, 15) is 14.7 Å². The molecule has 0 radical (unpaired) electrons. The molecule has 1 aliphatic heterocycles. The number of carbonyl (C=O) groups excluding carboxylic acids is 1. The van der Waals surface area contributed by atoms with Gasteiger partial charge in [0.15, 0.2) is 0 Å². The van der Waals surface area contributed by atoms with Crippen molar-refractivity contribution in [3.63, 3.8) is 0 Å². The number of nitrogens with two attached hydrogens (primary N) is 1. The maximum atomic E-state index is 12.6. The van der Waals surface area contributed by atoms with Crippen LogP contribution in [0.2, 0.25) is 0 Å². The molecule has 1 fully saturated rings. The van der Waals surface area contributed by atoms with Crippen LogP contribution in [0.25, 0.3) is 0 Å². The van der Waals surface area contributed by atoms with Crippen LogP contribution in [-0.2, 0) is 4.79 Å². The first-order valence-corrected chi connectivity index (χ1v) is 7.02. The molecular formula is C15H20N2O4. The molecule has 0 spiro atoms. The average molecular weight is 292 g/mol. The molecule has 6 heteroatoms. The van der Waals surface area contributed by atoms with E-state index in [-0.39, 0.29) is 5.91 Å². The summed E-state index contributed by atoms with van der Waals surface area (Å²) in [7, 11) is 1.52. The van der Waals surface area contributed by atoms with Gasteiger partial charge in [-0.2, -0.15) is 0 Å². The van der Waals surface area contributed by atoms with Crippen molar-refractivity contribution in [3.05, 3.63) is 23.8 Å². The SMILES string of the molecule is COc1ccc(C(=O)N2CCCCCC2C(=O)O)c(N)c1. The molecule has 1 heterocycles. The van der Waals surface area contributed by atoms with E-state index in [2.05, 4.69) is 0 Å². The van der Waals surface area contributed by atoms with Gasteiger partial charge in [0.1, 0.15) is 11.8 Å². The Balaban J connectivity index is 2.29. The van der Waals surface area contributed by atoms with Crippen molar-refractivity contribution in [1.82, 2.24) is 4.90 Å². The van der Waals surface area contributed by atoms with Crippen LogP contribution in [0.15, 0.2) is 18.2 Å². The van der Waals surface area contributed by atoms with Crippen molar-refractivity contribution in [3.8, 4) is 5.75 Å². The highest BCUT2D eigenvalue weighted by Crippen LogP contribution is 2.24. The number of carboxylic acid groups (broad SMARTS) is 1. The number of amides is 1. The summed E-state index contributed by atoms with van der Waals surface area (Å²) < 4.78 is 5.06. The number of benzene rings is 1. The molecule has 1 saturated heterocycles. The van der Waals surface area contributed by atoms with E-state index in [0.29, 0.717) is 30.0 Å². The van der Waals surface area contributed by atoms with Crippen molar-refractivity contribution in [2.45, 2.75) is 31.7 Å². The van der Waals surface area contributed by atoms with Crippen molar-refractivity contribution in [2.75, 3.05) is 19.4 Å². The van der Waals surface area contributed by atoms with Gasteiger partial charge in [0, 0.05) is 18.3 Å². The van der Waals surface area contributed by atoms with E-state index in [0.717, 1.165) is 19.3 Å². The fourth-order valence-corrected chi connectivity index (χ4v) is 2.63. The number of anilines is 1. The number of rotatable bonds is 3. The molecule has 6 nitrogen and oxygen atoms in total. The Morgan fingerprint density at radius 1 is 1.33 bits per heavy atom. The zero-order chi connectivity index (χ0) is 15.4. The fourth-order valence-electron chi connectivity index (χ4n) is 2.63. The Kier molecular flexibility index (Phi) is 4.67. The molecule has 3 N–H and O–H groups in total. The molecular weight excluding hydrogens is 272 g/mol. The predicted octanol–water partition coefficient (Wildman–Crippen LogP) is 1.75. The van der Waals surface area contributed by atoms with Crippen molar-refractivity contribution in [1.29, 1.82) is 0 Å². The number of ether oxygens (including phenoxy) is 1. The summed E-state index contributed by atoms with van der Waals surface area (Å²) in [5, 5.41) is 9.34. The fraction of sp³-hybridized carbons (Fsp3) is 0.467. The Labute approximate surface area is 123 Å². The van der Waals surface area contributed by atoms with E-state index < -0.39 is 12.0 Å². The lowest BCUT2D eigenvalue weighted by Gasteiger charge is -2.27. The van der Waals surface area contributed by atoms with Gasteiger partial charge in [0.2, 0.25) is 0 Å². The number of methoxy groups -OCH3 is 1. The zero-order valence-electron chi connectivity index (χ0n) is 12.0. The standard InChI is InChI=1S/C15H20N2O4/c1-21-10-6-7-11(12(16)9-10)14(18)17-8-4-2-3-5-13(17)15(19)20/h6-7,9,13H,2-5,8,16H2,1H3,(H,19,20). The van der Waals surface area contributed by atoms with E-state index in [1.165, 1.54) is 12.0 Å². The molecule has 0 saturated carbocycles. The third-order valence-corrected chi connectivity index (χ3v) is 3.79. The third kappa shape index (κ3) is 3.26. The second kappa shape index (κ2) is 6.47. The Hall–Kier alpha value is -2.24. The second-order valence-electron chi connectivity index (χ2n) is 5.16. The summed E-state index contributed by atoms with van der Waals surface area (Å²) in [4.78, 5) is 25.4. The number of carboxylic acids is 1. The highest BCUT2D eigenvalue weighted by molar-refractivity contribution is 6.01. The molecule has 21 heavy (non-hydrogen) atoms. The number of nitrogen functional groups attached to an aromatic ring is 1. The first-order chi connectivity index (χ1) is 10.0. The molecule has 2 rings (SSSR count). The largest absolute Gasteiger partial charge is 0.497 e. The van der Waals surface area contributed by atoms with E-state index in [1.807, 2.05) is 0 Å². The smallest absolute Gasteiger partial charge is 0.326 e. The van der Waals surface area contributed by atoms with Gasteiger partial charge in [-0.1, -0.05) is 12.8 Å². The average Bonchev–Trinajstić information content (AvgIpc) is 2.72. The van der Waals surface area contributed by atoms with Crippen LogP contribution in [0, 0.1) is 0 Å². The van der Waals surface area contributed by atoms with E-state index >= 15 is 0 Å². The molecule has 1 aromatic carbocycles. The molecule has 0 aromatic heterocycles. The minimum atomic E-state index is -0.961. The number of hydrogen-bond donors (Lipinski definition) is 2. The molecule has 0 aliphatic carbocycles. The second-order valence-corrected chi connectivity index (χ2v) is 5.16. The van der Waals surface area contributed by atoms with Crippen LogP contribution >= 0.6 is 0 Å².